The van der Waals surface area contributed by atoms with Gasteiger partial charge in [-0.3, -0.25) is 5.10 Å². The van der Waals surface area contributed by atoms with Gasteiger partial charge in [0.1, 0.15) is 0 Å². The highest BCUT2D eigenvalue weighted by Crippen LogP contribution is 2.20. The predicted octanol–water partition coefficient (Wildman–Crippen LogP) is 2.61. The molecule has 2 aromatic rings. The third-order valence-corrected chi connectivity index (χ3v) is 2.33. The second kappa shape index (κ2) is 4.17. The molecule has 0 fully saturated rings. The average Bonchev–Trinajstić information content (AvgIpc) is 2.67. The fourth-order valence-corrected chi connectivity index (χ4v) is 1.60. The lowest BCUT2D eigenvalue weighted by Crippen LogP contribution is -1.84. The molecule has 0 aliphatic rings. The highest BCUT2D eigenvalue weighted by atomic mass is 15.1. The van der Waals surface area contributed by atoms with Gasteiger partial charge < -0.3 is 5.73 Å². The highest BCUT2D eigenvalue weighted by molar-refractivity contribution is 5.63. The molecule has 0 spiro atoms. The van der Waals surface area contributed by atoms with Crippen molar-refractivity contribution < 1.29 is 0 Å². The van der Waals surface area contributed by atoms with E-state index in [1.54, 1.807) is 0 Å². The van der Waals surface area contributed by atoms with Crippen molar-refractivity contribution in [1.82, 2.24) is 10.2 Å². The minimum absolute atomic E-state index is 0.771. The van der Waals surface area contributed by atoms with Crippen molar-refractivity contribution in [3.8, 4) is 11.3 Å². The zero-order chi connectivity index (χ0) is 10.7. The first kappa shape index (κ1) is 9.77. The Morgan fingerprint density at radius 3 is 2.93 bits per heavy atom. The number of hydrogen-bond donors (Lipinski definition) is 2. The molecule has 0 aliphatic heterocycles. The molecule has 0 saturated carbocycles. The number of nitrogens with one attached hydrogen (secondary N) is 1. The number of nitrogen functional groups attached to an aromatic ring is 1. The molecule has 0 unspecified atom stereocenters. The number of rotatable bonds is 3. The highest BCUT2D eigenvalue weighted by Gasteiger charge is 2.03. The molecule has 1 aromatic carbocycles. The SMILES string of the molecule is CCCc1cc(-c2cccc(N)c2)n[nH]1. The summed E-state index contributed by atoms with van der Waals surface area (Å²) in [6.45, 7) is 2.15. The van der Waals surface area contributed by atoms with Gasteiger partial charge in [0.2, 0.25) is 0 Å². The second-order valence-corrected chi connectivity index (χ2v) is 3.65. The number of hydrogen-bond acceptors (Lipinski definition) is 2. The van der Waals surface area contributed by atoms with Crippen LogP contribution in [0, 0.1) is 0 Å². The molecule has 1 aromatic heterocycles. The van der Waals surface area contributed by atoms with Gasteiger partial charge in [-0.25, -0.2) is 0 Å². The monoisotopic (exact) mass is 201 g/mol. The number of aryl methyl sites for hydroxylation is 1. The summed E-state index contributed by atoms with van der Waals surface area (Å²) >= 11 is 0. The van der Waals surface area contributed by atoms with Gasteiger partial charge in [-0.15, -0.1) is 0 Å². The van der Waals surface area contributed by atoms with E-state index in [0.717, 1.165) is 29.8 Å². The number of nitrogens with two attached hydrogens (primary N) is 1. The van der Waals surface area contributed by atoms with Gasteiger partial charge in [0, 0.05) is 16.9 Å². The van der Waals surface area contributed by atoms with E-state index in [1.165, 1.54) is 5.69 Å². The minimum Gasteiger partial charge on any atom is -0.399 e. The van der Waals surface area contributed by atoms with Gasteiger partial charge in [-0.1, -0.05) is 25.5 Å². The van der Waals surface area contributed by atoms with E-state index in [1.807, 2.05) is 24.3 Å². The van der Waals surface area contributed by atoms with Crippen molar-refractivity contribution in [2.45, 2.75) is 19.8 Å². The number of H-pyrrole nitrogens is 1. The van der Waals surface area contributed by atoms with Gasteiger partial charge in [-0.05, 0) is 24.6 Å². The molecule has 3 nitrogen and oxygen atoms in total. The molecule has 1 heterocycles. The molecule has 0 amide bonds. The molecule has 3 heteroatoms. The Bertz CT molecular complexity index is 446. The predicted molar refractivity (Wildman–Crippen MR) is 62.4 cm³/mol. The van der Waals surface area contributed by atoms with Crippen molar-refractivity contribution in [2.75, 3.05) is 5.73 Å². The maximum absolute atomic E-state index is 5.72. The third kappa shape index (κ3) is 2.18. The standard InChI is InChI=1S/C12H15N3/c1-2-4-11-8-12(15-14-11)9-5-3-6-10(13)7-9/h3,5-8H,2,4,13H2,1H3,(H,14,15). The molecule has 2 rings (SSSR count). The van der Waals surface area contributed by atoms with Crippen LogP contribution in [-0.2, 0) is 6.42 Å². The minimum atomic E-state index is 0.771. The molecule has 0 radical (unpaired) electrons. The molecule has 0 aliphatic carbocycles. The van der Waals surface area contributed by atoms with Crippen LogP contribution in [0.5, 0.6) is 0 Å². The van der Waals surface area contributed by atoms with E-state index in [2.05, 4.69) is 23.2 Å². The lowest BCUT2D eigenvalue weighted by molar-refractivity contribution is 0.867. The van der Waals surface area contributed by atoms with Gasteiger partial charge in [0.25, 0.3) is 0 Å². The summed E-state index contributed by atoms with van der Waals surface area (Å²) in [6.07, 6.45) is 2.16. The molecular formula is C12H15N3. The molecular weight excluding hydrogens is 186 g/mol. The first-order valence-corrected chi connectivity index (χ1v) is 5.20. The van der Waals surface area contributed by atoms with Crippen LogP contribution in [-0.4, -0.2) is 10.2 Å². The number of benzene rings is 1. The summed E-state index contributed by atoms with van der Waals surface area (Å²) in [5.41, 5.74) is 9.70. The first-order valence-electron chi connectivity index (χ1n) is 5.20. The Kier molecular flexibility index (Phi) is 2.72. The van der Waals surface area contributed by atoms with Gasteiger partial charge >= 0.3 is 0 Å². The van der Waals surface area contributed by atoms with Crippen LogP contribution < -0.4 is 5.73 Å². The molecule has 0 bridgehead atoms. The topological polar surface area (TPSA) is 54.7 Å². The van der Waals surface area contributed by atoms with E-state index < -0.39 is 0 Å². The lowest BCUT2D eigenvalue weighted by Gasteiger charge is -1.96. The molecule has 15 heavy (non-hydrogen) atoms. The van der Waals surface area contributed by atoms with Crippen molar-refractivity contribution in [1.29, 1.82) is 0 Å². The van der Waals surface area contributed by atoms with Crippen LogP contribution >= 0.6 is 0 Å². The number of aromatic amines is 1. The zero-order valence-corrected chi connectivity index (χ0v) is 8.83. The number of aromatic nitrogens is 2. The van der Waals surface area contributed by atoms with Crippen molar-refractivity contribution >= 4 is 5.69 Å². The first-order chi connectivity index (χ1) is 7.29. The van der Waals surface area contributed by atoms with Crippen molar-refractivity contribution in [3.63, 3.8) is 0 Å². The summed E-state index contributed by atoms with van der Waals surface area (Å²) in [5.74, 6) is 0. The van der Waals surface area contributed by atoms with E-state index in [9.17, 15) is 0 Å². The van der Waals surface area contributed by atoms with Crippen LogP contribution in [0.3, 0.4) is 0 Å². The lowest BCUT2D eigenvalue weighted by atomic mass is 10.1. The van der Waals surface area contributed by atoms with Crippen LogP contribution in [0.15, 0.2) is 30.3 Å². The fourth-order valence-electron chi connectivity index (χ4n) is 1.60. The van der Waals surface area contributed by atoms with E-state index in [0.29, 0.717) is 0 Å². The number of nitrogens with zero attached hydrogens (tertiary/aromatic N) is 1. The zero-order valence-electron chi connectivity index (χ0n) is 8.83. The summed E-state index contributed by atoms with van der Waals surface area (Å²) in [7, 11) is 0. The van der Waals surface area contributed by atoms with Crippen LogP contribution in [0.2, 0.25) is 0 Å². The quantitative estimate of drug-likeness (QED) is 0.750. The average molecular weight is 201 g/mol. The van der Waals surface area contributed by atoms with Gasteiger partial charge in [-0.2, -0.15) is 5.10 Å². The maximum atomic E-state index is 5.72. The van der Waals surface area contributed by atoms with E-state index in [4.69, 9.17) is 5.73 Å². The summed E-state index contributed by atoms with van der Waals surface area (Å²) < 4.78 is 0. The van der Waals surface area contributed by atoms with Crippen LogP contribution in [0.1, 0.15) is 19.0 Å². The van der Waals surface area contributed by atoms with Gasteiger partial charge in [0.15, 0.2) is 0 Å². The summed E-state index contributed by atoms with van der Waals surface area (Å²) in [6, 6.07) is 9.86. The molecule has 78 valence electrons. The Morgan fingerprint density at radius 2 is 2.20 bits per heavy atom. The Hall–Kier alpha value is -1.77. The largest absolute Gasteiger partial charge is 0.399 e. The second-order valence-electron chi connectivity index (χ2n) is 3.65. The van der Waals surface area contributed by atoms with Crippen LogP contribution in [0.25, 0.3) is 11.3 Å². The van der Waals surface area contributed by atoms with E-state index >= 15 is 0 Å². The summed E-state index contributed by atoms with van der Waals surface area (Å²) in [4.78, 5) is 0. The van der Waals surface area contributed by atoms with E-state index in [-0.39, 0.29) is 0 Å². The maximum Gasteiger partial charge on any atom is 0.0924 e. The fraction of sp³-hybridized carbons (Fsp3) is 0.250. The van der Waals surface area contributed by atoms with Crippen LogP contribution in [0.4, 0.5) is 5.69 Å². The Balaban J connectivity index is 2.29. The summed E-state index contributed by atoms with van der Waals surface area (Å²) in [5, 5.41) is 7.30. The molecule has 0 atom stereocenters. The normalized spacial score (nSPS) is 10.5. The Labute approximate surface area is 89.3 Å². The van der Waals surface area contributed by atoms with Gasteiger partial charge in [0.05, 0.1) is 5.69 Å². The number of anilines is 1. The Morgan fingerprint density at radius 1 is 1.33 bits per heavy atom. The molecule has 3 N–H and O–H groups in total. The smallest absolute Gasteiger partial charge is 0.0924 e. The third-order valence-electron chi connectivity index (χ3n) is 2.33. The van der Waals surface area contributed by atoms with Crippen molar-refractivity contribution in [2.24, 2.45) is 0 Å². The molecule has 0 saturated heterocycles. The van der Waals surface area contributed by atoms with Crippen molar-refractivity contribution in [3.05, 3.63) is 36.0 Å².